The molecular weight excluding hydrogens is 293 g/mol. The van der Waals surface area contributed by atoms with Crippen molar-refractivity contribution < 1.29 is 4.79 Å². The smallest absolute Gasteiger partial charge is 0.246 e. The molecule has 106 valence electrons. The Balaban J connectivity index is 1.69. The molecular formula is C16H17Cl2NO. The Morgan fingerprint density at radius 2 is 2.00 bits per heavy atom. The fourth-order valence-electron chi connectivity index (χ4n) is 2.29. The van der Waals surface area contributed by atoms with Gasteiger partial charge in [0.1, 0.15) is 0 Å². The van der Waals surface area contributed by atoms with Crippen molar-refractivity contribution >= 4 is 35.2 Å². The van der Waals surface area contributed by atoms with Gasteiger partial charge in [0.05, 0.1) is 10.0 Å². The van der Waals surface area contributed by atoms with Gasteiger partial charge < -0.3 is 4.90 Å². The molecule has 0 spiro atoms. The number of carbonyl (C=O) groups excluding carboxylic acids is 1. The van der Waals surface area contributed by atoms with E-state index in [-0.39, 0.29) is 5.91 Å². The topological polar surface area (TPSA) is 20.3 Å². The summed E-state index contributed by atoms with van der Waals surface area (Å²) in [5.41, 5.74) is 0.787. The minimum absolute atomic E-state index is 0.0930. The molecule has 0 unspecified atom stereocenters. The maximum atomic E-state index is 12.3. The molecule has 1 amide bonds. The molecule has 0 bridgehead atoms. The zero-order chi connectivity index (χ0) is 14.1. The Morgan fingerprint density at radius 3 is 2.65 bits per heavy atom. The molecule has 2 aliphatic carbocycles. The van der Waals surface area contributed by atoms with Crippen LogP contribution in [0, 0.1) is 5.92 Å². The average Bonchev–Trinajstić information content (AvgIpc) is 3.29. The zero-order valence-electron chi connectivity index (χ0n) is 11.2. The molecule has 1 aromatic carbocycles. The maximum absolute atomic E-state index is 12.3. The lowest BCUT2D eigenvalue weighted by Crippen LogP contribution is -2.33. The standard InChI is InChI=1S/C16H17Cl2NO/c17-14-3-1-2-12(16(14)18)6-9-15(20)19(13-7-8-13)10-11-4-5-11/h1-3,6,9,11,13H,4-5,7-8,10H2/b9-6+. The summed E-state index contributed by atoms with van der Waals surface area (Å²) in [6.45, 7) is 0.914. The number of amides is 1. The van der Waals surface area contributed by atoms with Gasteiger partial charge in [0.25, 0.3) is 0 Å². The van der Waals surface area contributed by atoms with Crippen molar-refractivity contribution in [3.8, 4) is 0 Å². The molecule has 2 nitrogen and oxygen atoms in total. The largest absolute Gasteiger partial charge is 0.336 e. The van der Waals surface area contributed by atoms with Gasteiger partial charge in [-0.1, -0.05) is 35.3 Å². The number of nitrogens with zero attached hydrogens (tertiary/aromatic N) is 1. The summed E-state index contributed by atoms with van der Waals surface area (Å²) >= 11 is 12.1. The Bertz CT molecular complexity index is 547. The van der Waals surface area contributed by atoms with Crippen molar-refractivity contribution in [3.05, 3.63) is 39.9 Å². The molecule has 2 aliphatic rings. The molecule has 0 atom stereocenters. The van der Waals surface area contributed by atoms with Crippen molar-refractivity contribution in [1.29, 1.82) is 0 Å². The Kier molecular flexibility index (Phi) is 4.04. The summed E-state index contributed by atoms with van der Waals surface area (Å²) < 4.78 is 0. The lowest BCUT2D eigenvalue weighted by atomic mass is 10.2. The van der Waals surface area contributed by atoms with Crippen LogP contribution in [0.1, 0.15) is 31.2 Å². The van der Waals surface area contributed by atoms with Crippen molar-refractivity contribution in [2.75, 3.05) is 6.54 Å². The molecule has 0 radical (unpaired) electrons. The fourth-order valence-corrected chi connectivity index (χ4v) is 2.66. The van der Waals surface area contributed by atoms with Crippen molar-refractivity contribution in [2.24, 2.45) is 5.92 Å². The number of rotatable bonds is 5. The first-order valence-corrected chi connectivity index (χ1v) is 7.83. The van der Waals surface area contributed by atoms with E-state index < -0.39 is 0 Å². The average molecular weight is 310 g/mol. The monoisotopic (exact) mass is 309 g/mol. The van der Waals surface area contributed by atoms with Crippen LogP contribution in [0.15, 0.2) is 24.3 Å². The summed E-state index contributed by atoms with van der Waals surface area (Å²) in [5, 5.41) is 1.01. The van der Waals surface area contributed by atoms with E-state index in [4.69, 9.17) is 23.2 Å². The third-order valence-electron chi connectivity index (χ3n) is 3.81. The molecule has 1 aromatic rings. The van der Waals surface area contributed by atoms with Gasteiger partial charge in [0.15, 0.2) is 0 Å². The van der Waals surface area contributed by atoms with Crippen LogP contribution in [0.5, 0.6) is 0 Å². The van der Waals surface area contributed by atoms with E-state index in [0.717, 1.165) is 30.9 Å². The second-order valence-electron chi connectivity index (χ2n) is 5.64. The molecule has 4 heteroatoms. The molecule has 0 aromatic heterocycles. The predicted octanol–water partition coefficient (Wildman–Crippen LogP) is 4.41. The van der Waals surface area contributed by atoms with Gasteiger partial charge >= 0.3 is 0 Å². The fraction of sp³-hybridized carbons (Fsp3) is 0.438. The van der Waals surface area contributed by atoms with Crippen molar-refractivity contribution in [3.63, 3.8) is 0 Å². The highest BCUT2D eigenvalue weighted by Crippen LogP contribution is 2.35. The summed E-state index contributed by atoms with van der Waals surface area (Å²) in [6.07, 6.45) is 8.20. The van der Waals surface area contributed by atoms with E-state index in [0.29, 0.717) is 16.1 Å². The van der Waals surface area contributed by atoms with E-state index >= 15 is 0 Å². The van der Waals surface area contributed by atoms with Crippen LogP contribution in [0.3, 0.4) is 0 Å². The van der Waals surface area contributed by atoms with E-state index in [1.165, 1.54) is 12.8 Å². The number of benzene rings is 1. The van der Waals surface area contributed by atoms with Crippen LogP contribution in [0.4, 0.5) is 0 Å². The van der Waals surface area contributed by atoms with Crippen LogP contribution in [-0.4, -0.2) is 23.4 Å². The first kappa shape index (κ1) is 14.0. The zero-order valence-corrected chi connectivity index (χ0v) is 12.7. The van der Waals surface area contributed by atoms with Crippen LogP contribution in [-0.2, 0) is 4.79 Å². The summed E-state index contributed by atoms with van der Waals surface area (Å²) in [4.78, 5) is 14.3. The van der Waals surface area contributed by atoms with Gasteiger partial charge in [-0.05, 0) is 49.3 Å². The minimum atomic E-state index is 0.0930. The molecule has 3 rings (SSSR count). The van der Waals surface area contributed by atoms with E-state index in [1.807, 2.05) is 17.0 Å². The minimum Gasteiger partial charge on any atom is -0.336 e. The molecule has 0 heterocycles. The summed E-state index contributed by atoms with van der Waals surface area (Å²) in [5.74, 6) is 0.818. The van der Waals surface area contributed by atoms with Gasteiger partial charge in [-0.3, -0.25) is 4.79 Å². The highest BCUT2D eigenvalue weighted by Gasteiger charge is 2.35. The third kappa shape index (κ3) is 3.36. The molecule has 0 N–H and O–H groups in total. The quantitative estimate of drug-likeness (QED) is 0.738. The second-order valence-corrected chi connectivity index (χ2v) is 6.43. The first-order chi connectivity index (χ1) is 9.65. The lowest BCUT2D eigenvalue weighted by Gasteiger charge is -2.20. The van der Waals surface area contributed by atoms with Crippen LogP contribution >= 0.6 is 23.2 Å². The van der Waals surface area contributed by atoms with Crippen LogP contribution < -0.4 is 0 Å². The van der Waals surface area contributed by atoms with Gasteiger partial charge in [0.2, 0.25) is 5.91 Å². The maximum Gasteiger partial charge on any atom is 0.246 e. The van der Waals surface area contributed by atoms with Crippen molar-refractivity contribution in [1.82, 2.24) is 4.90 Å². The van der Waals surface area contributed by atoms with Gasteiger partial charge in [-0.25, -0.2) is 0 Å². The SMILES string of the molecule is O=C(/C=C/c1cccc(Cl)c1Cl)N(CC1CC1)C1CC1. The number of hydrogen-bond acceptors (Lipinski definition) is 1. The number of hydrogen-bond donors (Lipinski definition) is 0. The Hall–Kier alpha value is -0.990. The van der Waals surface area contributed by atoms with Gasteiger partial charge in [-0.15, -0.1) is 0 Å². The molecule has 0 saturated heterocycles. The second kappa shape index (κ2) is 5.79. The molecule has 0 aliphatic heterocycles. The summed E-state index contributed by atoms with van der Waals surface area (Å²) in [7, 11) is 0. The van der Waals surface area contributed by atoms with E-state index in [9.17, 15) is 4.79 Å². The van der Waals surface area contributed by atoms with Crippen LogP contribution in [0.25, 0.3) is 6.08 Å². The highest BCUT2D eigenvalue weighted by molar-refractivity contribution is 6.42. The molecule has 2 saturated carbocycles. The normalized spacial score (nSPS) is 18.5. The van der Waals surface area contributed by atoms with E-state index in [1.54, 1.807) is 18.2 Å². The van der Waals surface area contributed by atoms with Gasteiger partial charge in [0, 0.05) is 18.7 Å². The lowest BCUT2D eigenvalue weighted by molar-refractivity contribution is -0.126. The number of halogens is 2. The molecule has 20 heavy (non-hydrogen) atoms. The van der Waals surface area contributed by atoms with Crippen LogP contribution in [0.2, 0.25) is 10.0 Å². The third-order valence-corrected chi connectivity index (χ3v) is 4.64. The van der Waals surface area contributed by atoms with Gasteiger partial charge in [-0.2, -0.15) is 0 Å². The number of carbonyl (C=O) groups is 1. The molecule has 2 fully saturated rings. The highest BCUT2D eigenvalue weighted by atomic mass is 35.5. The first-order valence-electron chi connectivity index (χ1n) is 7.08. The van der Waals surface area contributed by atoms with E-state index in [2.05, 4.69) is 0 Å². The Morgan fingerprint density at radius 1 is 1.25 bits per heavy atom. The summed E-state index contributed by atoms with van der Waals surface area (Å²) in [6, 6.07) is 5.90. The Labute approximate surface area is 129 Å². The van der Waals surface area contributed by atoms with Crippen molar-refractivity contribution in [2.45, 2.75) is 31.7 Å². The predicted molar refractivity (Wildman–Crippen MR) is 83.0 cm³/mol.